The standard InChI is InChI=1S/C11H12FNO/c1-13-7-8(4-5-14)10-6-9(12)2-3-11(10)13/h2-3,6-7,14H,4-5H2,1H3. The maximum atomic E-state index is 13.0. The van der Waals surface area contributed by atoms with Gasteiger partial charge in [0.05, 0.1) is 0 Å². The van der Waals surface area contributed by atoms with Crippen LogP contribution in [0, 0.1) is 5.82 Å². The van der Waals surface area contributed by atoms with Crippen LogP contribution in [0.1, 0.15) is 5.56 Å². The maximum absolute atomic E-state index is 13.0. The Balaban J connectivity index is 2.66. The van der Waals surface area contributed by atoms with Gasteiger partial charge in [0.2, 0.25) is 0 Å². The fraction of sp³-hybridized carbons (Fsp3) is 0.273. The van der Waals surface area contributed by atoms with Gasteiger partial charge in [0.15, 0.2) is 0 Å². The third-order valence-electron chi connectivity index (χ3n) is 2.42. The molecule has 1 heterocycles. The summed E-state index contributed by atoms with van der Waals surface area (Å²) in [6.07, 6.45) is 2.50. The Bertz CT molecular complexity index is 462. The molecule has 0 unspecified atom stereocenters. The first-order chi connectivity index (χ1) is 6.72. The number of nitrogens with zero attached hydrogens (tertiary/aromatic N) is 1. The predicted octanol–water partition coefficient (Wildman–Crippen LogP) is 1.85. The van der Waals surface area contributed by atoms with Gasteiger partial charge in [-0.15, -0.1) is 0 Å². The van der Waals surface area contributed by atoms with Crippen molar-refractivity contribution in [1.82, 2.24) is 4.57 Å². The predicted molar refractivity (Wildman–Crippen MR) is 53.7 cm³/mol. The summed E-state index contributed by atoms with van der Waals surface area (Å²) in [5.41, 5.74) is 1.99. The number of benzene rings is 1. The van der Waals surface area contributed by atoms with E-state index in [1.807, 2.05) is 17.8 Å². The second-order valence-electron chi connectivity index (χ2n) is 3.40. The molecular formula is C11H12FNO. The van der Waals surface area contributed by atoms with E-state index in [-0.39, 0.29) is 12.4 Å². The smallest absolute Gasteiger partial charge is 0.123 e. The number of aliphatic hydroxyl groups excluding tert-OH is 1. The molecule has 74 valence electrons. The van der Waals surface area contributed by atoms with Crippen molar-refractivity contribution < 1.29 is 9.50 Å². The highest BCUT2D eigenvalue weighted by Gasteiger charge is 2.06. The molecule has 1 aromatic carbocycles. The molecule has 0 fully saturated rings. The van der Waals surface area contributed by atoms with Gasteiger partial charge in [-0.3, -0.25) is 0 Å². The van der Waals surface area contributed by atoms with E-state index in [4.69, 9.17) is 5.11 Å². The first kappa shape index (κ1) is 9.21. The van der Waals surface area contributed by atoms with E-state index in [0.29, 0.717) is 6.42 Å². The van der Waals surface area contributed by atoms with E-state index in [1.165, 1.54) is 12.1 Å². The first-order valence-corrected chi connectivity index (χ1v) is 4.56. The van der Waals surface area contributed by atoms with Crippen molar-refractivity contribution in [2.24, 2.45) is 7.05 Å². The Labute approximate surface area is 81.6 Å². The number of aromatic nitrogens is 1. The van der Waals surface area contributed by atoms with Gasteiger partial charge in [0.25, 0.3) is 0 Å². The van der Waals surface area contributed by atoms with Gasteiger partial charge < -0.3 is 9.67 Å². The summed E-state index contributed by atoms with van der Waals surface area (Å²) in [5.74, 6) is -0.233. The Morgan fingerprint density at radius 2 is 2.21 bits per heavy atom. The molecule has 2 rings (SSSR count). The summed E-state index contributed by atoms with van der Waals surface area (Å²) in [6, 6.07) is 4.72. The lowest BCUT2D eigenvalue weighted by Crippen LogP contribution is -1.88. The Hall–Kier alpha value is -1.35. The average Bonchev–Trinajstić information content (AvgIpc) is 2.44. The van der Waals surface area contributed by atoms with Gasteiger partial charge >= 0.3 is 0 Å². The Morgan fingerprint density at radius 1 is 1.43 bits per heavy atom. The van der Waals surface area contributed by atoms with Crippen LogP contribution in [0.15, 0.2) is 24.4 Å². The number of hydrogen-bond donors (Lipinski definition) is 1. The molecule has 0 atom stereocenters. The van der Waals surface area contributed by atoms with Gasteiger partial charge in [-0.2, -0.15) is 0 Å². The molecule has 1 N–H and O–H groups in total. The molecule has 0 aliphatic rings. The van der Waals surface area contributed by atoms with Crippen molar-refractivity contribution in [3.05, 3.63) is 35.8 Å². The minimum atomic E-state index is -0.233. The van der Waals surface area contributed by atoms with Crippen LogP contribution < -0.4 is 0 Å². The quantitative estimate of drug-likeness (QED) is 0.773. The molecular weight excluding hydrogens is 181 g/mol. The molecule has 0 amide bonds. The molecule has 0 bridgehead atoms. The van der Waals surface area contributed by atoms with Crippen molar-refractivity contribution in [2.75, 3.05) is 6.61 Å². The number of aliphatic hydroxyl groups is 1. The van der Waals surface area contributed by atoms with Gasteiger partial charge in [0.1, 0.15) is 5.82 Å². The van der Waals surface area contributed by atoms with Crippen molar-refractivity contribution in [2.45, 2.75) is 6.42 Å². The van der Waals surface area contributed by atoms with Crippen LogP contribution >= 0.6 is 0 Å². The summed E-state index contributed by atoms with van der Waals surface area (Å²) < 4.78 is 14.9. The van der Waals surface area contributed by atoms with Gasteiger partial charge in [-0.25, -0.2) is 4.39 Å². The Morgan fingerprint density at radius 3 is 2.93 bits per heavy atom. The lowest BCUT2D eigenvalue weighted by atomic mass is 10.1. The SMILES string of the molecule is Cn1cc(CCO)c2cc(F)ccc21. The van der Waals surface area contributed by atoms with Crippen LogP contribution in [-0.4, -0.2) is 16.3 Å². The highest BCUT2D eigenvalue weighted by molar-refractivity contribution is 5.84. The number of hydrogen-bond acceptors (Lipinski definition) is 1. The molecule has 1 aromatic heterocycles. The summed E-state index contributed by atoms with van der Waals surface area (Å²) in [4.78, 5) is 0. The van der Waals surface area contributed by atoms with E-state index >= 15 is 0 Å². The number of aryl methyl sites for hydroxylation is 1. The molecule has 0 radical (unpaired) electrons. The van der Waals surface area contributed by atoms with Crippen LogP contribution in [0.25, 0.3) is 10.9 Å². The lowest BCUT2D eigenvalue weighted by molar-refractivity contribution is 0.300. The van der Waals surface area contributed by atoms with Gasteiger partial charge in [-0.1, -0.05) is 0 Å². The van der Waals surface area contributed by atoms with Crippen LogP contribution in [0.4, 0.5) is 4.39 Å². The van der Waals surface area contributed by atoms with E-state index in [2.05, 4.69) is 0 Å². The first-order valence-electron chi connectivity index (χ1n) is 4.56. The molecule has 0 saturated carbocycles. The second kappa shape index (κ2) is 3.42. The fourth-order valence-electron chi connectivity index (χ4n) is 1.77. The number of rotatable bonds is 2. The largest absolute Gasteiger partial charge is 0.396 e. The third-order valence-corrected chi connectivity index (χ3v) is 2.42. The highest BCUT2D eigenvalue weighted by atomic mass is 19.1. The van der Waals surface area contributed by atoms with Crippen molar-refractivity contribution in [3.8, 4) is 0 Å². The molecule has 2 aromatic rings. The number of fused-ring (bicyclic) bond motifs is 1. The van der Waals surface area contributed by atoms with Crippen LogP contribution in [0.2, 0.25) is 0 Å². The van der Waals surface area contributed by atoms with E-state index in [1.54, 1.807) is 6.07 Å². The van der Waals surface area contributed by atoms with Crippen molar-refractivity contribution in [3.63, 3.8) is 0 Å². The molecule has 0 aliphatic heterocycles. The lowest BCUT2D eigenvalue weighted by Gasteiger charge is -1.96. The molecule has 14 heavy (non-hydrogen) atoms. The molecule has 2 nitrogen and oxygen atoms in total. The number of halogens is 1. The Kier molecular flexibility index (Phi) is 2.25. The minimum Gasteiger partial charge on any atom is -0.396 e. The van der Waals surface area contributed by atoms with E-state index in [0.717, 1.165) is 16.5 Å². The summed E-state index contributed by atoms with van der Waals surface area (Å²) in [7, 11) is 1.92. The molecule has 3 heteroatoms. The van der Waals surface area contributed by atoms with Crippen molar-refractivity contribution >= 4 is 10.9 Å². The molecule has 0 saturated heterocycles. The normalized spacial score (nSPS) is 11.1. The zero-order valence-corrected chi connectivity index (χ0v) is 8.00. The van der Waals surface area contributed by atoms with E-state index < -0.39 is 0 Å². The zero-order valence-electron chi connectivity index (χ0n) is 8.00. The van der Waals surface area contributed by atoms with Gasteiger partial charge in [-0.05, 0) is 30.2 Å². The summed E-state index contributed by atoms with van der Waals surface area (Å²) >= 11 is 0. The van der Waals surface area contributed by atoms with E-state index in [9.17, 15) is 4.39 Å². The zero-order chi connectivity index (χ0) is 10.1. The summed E-state index contributed by atoms with van der Waals surface area (Å²) in [5, 5.41) is 9.75. The van der Waals surface area contributed by atoms with Crippen molar-refractivity contribution in [1.29, 1.82) is 0 Å². The minimum absolute atomic E-state index is 0.0929. The fourth-order valence-corrected chi connectivity index (χ4v) is 1.77. The summed E-state index contributed by atoms with van der Waals surface area (Å²) in [6.45, 7) is 0.0929. The highest BCUT2D eigenvalue weighted by Crippen LogP contribution is 2.21. The third kappa shape index (κ3) is 1.40. The van der Waals surface area contributed by atoms with Crippen LogP contribution in [-0.2, 0) is 13.5 Å². The molecule has 0 aliphatic carbocycles. The van der Waals surface area contributed by atoms with Crippen LogP contribution in [0.5, 0.6) is 0 Å². The topological polar surface area (TPSA) is 25.2 Å². The van der Waals surface area contributed by atoms with Gasteiger partial charge in [0, 0.05) is 30.8 Å². The van der Waals surface area contributed by atoms with Crippen LogP contribution in [0.3, 0.4) is 0 Å². The average molecular weight is 193 g/mol. The monoisotopic (exact) mass is 193 g/mol. The maximum Gasteiger partial charge on any atom is 0.123 e. The molecule has 0 spiro atoms. The second-order valence-corrected chi connectivity index (χ2v) is 3.40.